The third-order valence-electron chi connectivity index (χ3n) is 3.82. The molecule has 1 fully saturated rings. The molecule has 0 aliphatic carbocycles. The first-order valence-corrected chi connectivity index (χ1v) is 8.18. The van der Waals surface area contributed by atoms with E-state index in [1.165, 1.54) is 18.0 Å². The number of carbonyl (C=O) groups excluding carboxylic acids is 1. The van der Waals surface area contributed by atoms with Gasteiger partial charge in [-0.2, -0.15) is 0 Å². The van der Waals surface area contributed by atoms with Gasteiger partial charge >= 0.3 is 5.97 Å². The van der Waals surface area contributed by atoms with Crippen LogP contribution in [0.2, 0.25) is 10.3 Å². The van der Waals surface area contributed by atoms with E-state index in [1.54, 1.807) is 0 Å². The third kappa shape index (κ3) is 4.13. The van der Waals surface area contributed by atoms with Crippen LogP contribution in [0.25, 0.3) is 5.57 Å². The number of nitrogens with zero attached hydrogens (tertiary/aromatic N) is 3. The summed E-state index contributed by atoms with van der Waals surface area (Å²) in [4.78, 5) is 32.3. The Hall–Kier alpha value is -1.92. The molecule has 0 radical (unpaired) electrons. The third-order valence-corrected chi connectivity index (χ3v) is 4.28. The smallest absolute Gasteiger partial charge is 0.326 e. The largest absolute Gasteiger partial charge is 0.480 e. The van der Waals surface area contributed by atoms with Crippen molar-refractivity contribution in [2.45, 2.75) is 32.7 Å². The zero-order chi connectivity index (χ0) is 17.9. The number of carboxylic acid groups (broad SMARTS) is 1. The van der Waals surface area contributed by atoms with E-state index in [0.29, 0.717) is 23.7 Å². The minimum absolute atomic E-state index is 0.110. The summed E-state index contributed by atoms with van der Waals surface area (Å²) in [5, 5.41) is 9.55. The molecule has 1 aliphatic heterocycles. The second-order valence-corrected chi connectivity index (χ2v) is 6.16. The maximum absolute atomic E-state index is 12.0. The van der Waals surface area contributed by atoms with Crippen LogP contribution in [0.5, 0.6) is 0 Å². The van der Waals surface area contributed by atoms with E-state index in [9.17, 15) is 9.59 Å². The monoisotopic (exact) mass is 369 g/mol. The van der Waals surface area contributed by atoms with Crippen LogP contribution in [0.15, 0.2) is 23.9 Å². The Morgan fingerprint density at radius 2 is 2.21 bits per heavy atom. The molecule has 1 atom stereocenters. The van der Waals surface area contributed by atoms with Crippen LogP contribution in [0.4, 0.5) is 0 Å². The van der Waals surface area contributed by atoms with Crippen molar-refractivity contribution >= 4 is 40.7 Å². The van der Waals surface area contributed by atoms with Crippen LogP contribution >= 0.6 is 23.2 Å². The fraction of sp³-hybridized carbons (Fsp3) is 0.375. The molecule has 0 spiro atoms. The van der Waals surface area contributed by atoms with Gasteiger partial charge in [-0.05, 0) is 36.1 Å². The van der Waals surface area contributed by atoms with E-state index < -0.39 is 12.0 Å². The number of halogens is 2. The van der Waals surface area contributed by atoms with Crippen molar-refractivity contribution in [2.75, 3.05) is 6.54 Å². The van der Waals surface area contributed by atoms with E-state index in [-0.39, 0.29) is 17.6 Å². The van der Waals surface area contributed by atoms with Gasteiger partial charge in [0.15, 0.2) is 0 Å². The van der Waals surface area contributed by atoms with Gasteiger partial charge in [-0.3, -0.25) is 4.79 Å². The van der Waals surface area contributed by atoms with Gasteiger partial charge in [0.05, 0.1) is 16.9 Å². The topological polar surface area (TPSA) is 83.4 Å². The summed E-state index contributed by atoms with van der Waals surface area (Å²) in [5.41, 5.74) is 2.25. The Morgan fingerprint density at radius 1 is 1.50 bits per heavy atom. The second kappa shape index (κ2) is 7.77. The predicted molar refractivity (Wildman–Crippen MR) is 91.8 cm³/mol. The molecule has 0 bridgehead atoms. The average molecular weight is 370 g/mol. The maximum Gasteiger partial charge on any atom is 0.326 e. The molecule has 0 unspecified atom stereocenters. The molecular formula is C16H17Cl2N3O3. The summed E-state index contributed by atoms with van der Waals surface area (Å²) in [5.74, 6) is -1.21. The van der Waals surface area contributed by atoms with Crippen LogP contribution in [-0.4, -0.2) is 44.4 Å². The summed E-state index contributed by atoms with van der Waals surface area (Å²) in [6, 6.07) is -0.840. The minimum Gasteiger partial charge on any atom is -0.480 e. The molecule has 1 amide bonds. The van der Waals surface area contributed by atoms with E-state index in [0.717, 1.165) is 11.1 Å². The van der Waals surface area contributed by atoms with E-state index in [2.05, 4.69) is 9.97 Å². The first-order valence-electron chi connectivity index (χ1n) is 7.42. The molecule has 1 saturated heterocycles. The van der Waals surface area contributed by atoms with Crippen molar-refractivity contribution in [1.29, 1.82) is 0 Å². The fourth-order valence-electron chi connectivity index (χ4n) is 2.41. The highest BCUT2D eigenvalue weighted by Gasteiger charge is 2.31. The molecule has 6 nitrogen and oxygen atoms in total. The molecule has 1 aromatic heterocycles. The lowest BCUT2D eigenvalue weighted by Crippen LogP contribution is -2.39. The van der Waals surface area contributed by atoms with Crippen molar-refractivity contribution in [3.05, 3.63) is 39.9 Å². The first-order chi connectivity index (χ1) is 11.3. The van der Waals surface area contributed by atoms with E-state index in [4.69, 9.17) is 28.3 Å². The molecule has 24 heavy (non-hydrogen) atoms. The van der Waals surface area contributed by atoms with Gasteiger partial charge in [-0.25, -0.2) is 14.8 Å². The molecule has 1 aromatic rings. The summed E-state index contributed by atoms with van der Waals surface area (Å²) >= 11 is 11.9. The van der Waals surface area contributed by atoms with Crippen LogP contribution in [0.1, 0.15) is 32.4 Å². The average Bonchev–Trinajstić information content (AvgIpc) is 2.91. The van der Waals surface area contributed by atoms with Gasteiger partial charge in [0.1, 0.15) is 6.04 Å². The summed E-state index contributed by atoms with van der Waals surface area (Å²) in [6.45, 7) is 3.76. The molecular weight excluding hydrogens is 353 g/mol. The zero-order valence-electron chi connectivity index (χ0n) is 13.3. The Balaban J connectivity index is 2.24. The maximum atomic E-state index is 12.0. The second-order valence-electron chi connectivity index (χ2n) is 5.42. The van der Waals surface area contributed by atoms with E-state index in [1.807, 2.05) is 19.1 Å². The number of hydrogen-bond donors (Lipinski definition) is 1. The number of carbonyl (C=O) groups is 2. The van der Waals surface area contributed by atoms with Crippen molar-refractivity contribution in [3.63, 3.8) is 0 Å². The highest BCUT2D eigenvalue weighted by molar-refractivity contribution is 6.32. The quantitative estimate of drug-likeness (QED) is 0.805. The molecule has 1 N–H and O–H groups in total. The van der Waals surface area contributed by atoms with Crippen molar-refractivity contribution in [2.24, 2.45) is 0 Å². The number of allylic oxidation sites excluding steroid dienone is 3. The Kier molecular flexibility index (Phi) is 5.96. The highest BCUT2D eigenvalue weighted by Crippen LogP contribution is 2.26. The molecule has 1 aliphatic rings. The van der Waals surface area contributed by atoms with Crippen LogP contribution in [-0.2, 0) is 9.59 Å². The van der Waals surface area contributed by atoms with Gasteiger partial charge in [-0.1, -0.05) is 30.7 Å². The molecule has 128 valence electrons. The normalized spacial score (nSPS) is 18.3. The zero-order valence-corrected chi connectivity index (χ0v) is 14.8. The molecule has 2 rings (SSSR count). The summed E-state index contributed by atoms with van der Waals surface area (Å²) in [7, 11) is 0. The minimum atomic E-state index is -1.02. The van der Waals surface area contributed by atoms with Gasteiger partial charge in [0, 0.05) is 13.0 Å². The number of aromatic nitrogens is 2. The first kappa shape index (κ1) is 18.4. The predicted octanol–water partition coefficient (Wildman–Crippen LogP) is 3.21. The lowest BCUT2D eigenvalue weighted by molar-refractivity contribution is -0.147. The molecule has 8 heteroatoms. The number of likely N-dealkylation sites (tertiary alicyclic amines) is 1. The summed E-state index contributed by atoms with van der Waals surface area (Å²) < 4.78 is 0. The fourth-order valence-corrected chi connectivity index (χ4v) is 2.76. The molecule has 2 heterocycles. The number of amides is 1. The van der Waals surface area contributed by atoms with Crippen molar-refractivity contribution < 1.29 is 14.7 Å². The van der Waals surface area contributed by atoms with Crippen LogP contribution in [0, 0.1) is 0 Å². The number of aliphatic carboxylic acids is 1. The van der Waals surface area contributed by atoms with Crippen LogP contribution in [0.3, 0.4) is 0 Å². The molecule has 0 aromatic carbocycles. The van der Waals surface area contributed by atoms with E-state index >= 15 is 0 Å². The lowest BCUT2D eigenvalue weighted by atomic mass is 10.1. The van der Waals surface area contributed by atoms with Gasteiger partial charge in [-0.15, -0.1) is 0 Å². The highest BCUT2D eigenvalue weighted by atomic mass is 35.5. The number of rotatable bonds is 5. The Bertz CT molecular complexity index is 731. The standard InChI is InChI=1S/C16H17Cl2N3O3/c1-3-11(14-12(17)7-19-16(18)20-14)5-4-10-6-13(22)21(8-10)9(2)15(23)24/h4-5,7,9H,3,6,8H2,1-2H3,(H,23,24)/b10-4+,11-5+/t9-/m1/s1. The summed E-state index contributed by atoms with van der Waals surface area (Å²) in [6.07, 6.45) is 5.97. The van der Waals surface area contributed by atoms with Gasteiger partial charge in [0.2, 0.25) is 11.2 Å². The number of carboxylic acids is 1. The van der Waals surface area contributed by atoms with Crippen LogP contribution < -0.4 is 0 Å². The van der Waals surface area contributed by atoms with Gasteiger partial charge in [0.25, 0.3) is 0 Å². The van der Waals surface area contributed by atoms with Crippen molar-refractivity contribution in [1.82, 2.24) is 14.9 Å². The molecule has 0 saturated carbocycles. The Labute approximate surface area is 149 Å². The van der Waals surface area contributed by atoms with Crippen molar-refractivity contribution in [3.8, 4) is 0 Å². The van der Waals surface area contributed by atoms with Gasteiger partial charge < -0.3 is 10.0 Å². The number of hydrogen-bond acceptors (Lipinski definition) is 4. The lowest BCUT2D eigenvalue weighted by Gasteiger charge is -2.19. The Morgan fingerprint density at radius 3 is 2.83 bits per heavy atom. The SMILES string of the molecule is CC/C(=C\C=C1/CC(=O)N([C@H](C)C(=O)O)C1)c1nc(Cl)ncc1Cl.